The third-order valence-electron chi connectivity index (χ3n) is 7.44. The molecule has 0 aliphatic heterocycles. The molecule has 1 N–H and O–H groups in total. The van der Waals surface area contributed by atoms with Crippen LogP contribution in [-0.2, 0) is 32.6 Å². The number of carbonyl (C=O) groups excluding carboxylic acids is 2. The number of para-hydroxylation sites is 2. The summed E-state index contributed by atoms with van der Waals surface area (Å²) in [6, 6.07) is 25.5. The molecule has 0 heterocycles. The second-order valence-electron chi connectivity index (χ2n) is 12.0. The first kappa shape index (κ1) is 36.6. The van der Waals surface area contributed by atoms with E-state index in [0.29, 0.717) is 21.4 Å². The molecule has 2 amide bonds. The van der Waals surface area contributed by atoms with Crippen molar-refractivity contribution in [3.05, 3.63) is 118 Å². The Hall–Kier alpha value is -4.25. The van der Waals surface area contributed by atoms with Crippen molar-refractivity contribution < 1.29 is 27.5 Å². The molecule has 0 aliphatic carbocycles. The Morgan fingerprint density at radius 2 is 1.42 bits per heavy atom. The molecule has 0 spiro atoms. The minimum atomic E-state index is -4.37. The van der Waals surface area contributed by atoms with E-state index in [1.54, 1.807) is 42.5 Å². The molecule has 0 saturated heterocycles. The minimum Gasteiger partial charge on any atom is -0.497 e. The molecule has 254 valence electrons. The van der Waals surface area contributed by atoms with Crippen LogP contribution in [0.3, 0.4) is 0 Å². The Labute approximate surface area is 292 Å². The van der Waals surface area contributed by atoms with Crippen LogP contribution >= 0.6 is 23.2 Å². The number of anilines is 1. The Morgan fingerprint density at radius 1 is 0.812 bits per heavy atom. The maximum Gasteiger partial charge on any atom is 0.264 e. The van der Waals surface area contributed by atoms with Gasteiger partial charge in [-0.05, 0) is 74.9 Å². The first-order valence-electron chi connectivity index (χ1n) is 15.1. The average Bonchev–Trinajstić information content (AvgIpc) is 3.05. The van der Waals surface area contributed by atoms with Crippen LogP contribution in [0.5, 0.6) is 11.5 Å². The molecule has 48 heavy (non-hydrogen) atoms. The number of rotatable bonds is 13. The lowest BCUT2D eigenvalue weighted by Crippen LogP contribution is -2.56. The summed E-state index contributed by atoms with van der Waals surface area (Å²) in [4.78, 5) is 30.1. The van der Waals surface area contributed by atoms with Gasteiger partial charge in [0.05, 0.1) is 24.8 Å². The Morgan fingerprint density at radius 3 is 2.00 bits per heavy atom. The number of carbonyl (C=O) groups is 2. The number of amides is 2. The number of nitrogens with zero attached hydrogens (tertiary/aromatic N) is 2. The zero-order valence-corrected chi connectivity index (χ0v) is 29.8. The smallest absolute Gasteiger partial charge is 0.264 e. The molecule has 4 aromatic rings. The molecule has 12 heteroatoms. The predicted molar refractivity (Wildman–Crippen MR) is 189 cm³/mol. The molecule has 0 aliphatic rings. The topological polar surface area (TPSA) is 105 Å². The van der Waals surface area contributed by atoms with Gasteiger partial charge >= 0.3 is 0 Å². The van der Waals surface area contributed by atoms with Gasteiger partial charge in [-0.25, -0.2) is 8.42 Å². The molecule has 0 aromatic heterocycles. The van der Waals surface area contributed by atoms with Gasteiger partial charge in [0.15, 0.2) is 0 Å². The Bertz CT molecular complexity index is 1810. The molecule has 1 atom stereocenters. The van der Waals surface area contributed by atoms with E-state index >= 15 is 0 Å². The summed E-state index contributed by atoms with van der Waals surface area (Å²) in [6.07, 6.45) is 0.135. The SMILES string of the molecule is COc1ccc(S(=O)(=O)N(CC(=O)N(Cc2c(Cl)cccc2Cl)[C@H](Cc2ccccc2)C(=O)NC(C)(C)C)c2ccccc2OC)cc1. The van der Waals surface area contributed by atoms with E-state index in [1.165, 1.54) is 43.4 Å². The van der Waals surface area contributed by atoms with Crippen molar-refractivity contribution in [3.8, 4) is 11.5 Å². The number of ether oxygens (including phenoxy) is 2. The van der Waals surface area contributed by atoms with Crippen LogP contribution in [0.2, 0.25) is 10.0 Å². The molecule has 0 unspecified atom stereocenters. The summed E-state index contributed by atoms with van der Waals surface area (Å²) in [5.41, 5.74) is 0.711. The van der Waals surface area contributed by atoms with Crippen LogP contribution in [-0.4, -0.2) is 57.5 Å². The fraction of sp³-hybridized carbons (Fsp3) is 0.278. The highest BCUT2D eigenvalue weighted by molar-refractivity contribution is 7.92. The predicted octanol–water partition coefficient (Wildman–Crippen LogP) is 6.76. The Kier molecular flexibility index (Phi) is 12.0. The van der Waals surface area contributed by atoms with Crippen molar-refractivity contribution in [1.29, 1.82) is 0 Å². The zero-order valence-electron chi connectivity index (χ0n) is 27.4. The van der Waals surface area contributed by atoms with Gasteiger partial charge in [-0.15, -0.1) is 0 Å². The third kappa shape index (κ3) is 9.00. The van der Waals surface area contributed by atoms with Crippen molar-refractivity contribution in [3.63, 3.8) is 0 Å². The van der Waals surface area contributed by atoms with E-state index in [1.807, 2.05) is 51.1 Å². The maximum atomic E-state index is 14.7. The summed E-state index contributed by atoms with van der Waals surface area (Å²) >= 11 is 13.2. The number of benzene rings is 4. The maximum absolute atomic E-state index is 14.7. The van der Waals surface area contributed by atoms with Crippen LogP contribution in [0.25, 0.3) is 0 Å². The highest BCUT2D eigenvalue weighted by atomic mass is 35.5. The molecule has 4 rings (SSSR count). The summed E-state index contributed by atoms with van der Waals surface area (Å²) in [6.45, 7) is 4.67. The van der Waals surface area contributed by atoms with Gasteiger partial charge in [-0.3, -0.25) is 13.9 Å². The molecule has 0 fully saturated rings. The zero-order chi connectivity index (χ0) is 35.1. The minimum absolute atomic E-state index is 0.0750. The van der Waals surface area contributed by atoms with E-state index in [9.17, 15) is 18.0 Å². The third-order valence-corrected chi connectivity index (χ3v) is 9.92. The van der Waals surface area contributed by atoms with Crippen LogP contribution in [0.4, 0.5) is 5.69 Å². The molecule has 0 saturated carbocycles. The largest absolute Gasteiger partial charge is 0.497 e. The van der Waals surface area contributed by atoms with Crippen molar-refractivity contribution in [2.24, 2.45) is 0 Å². The van der Waals surface area contributed by atoms with Crippen molar-refractivity contribution >= 4 is 50.7 Å². The van der Waals surface area contributed by atoms with E-state index in [-0.39, 0.29) is 29.3 Å². The molecular weight excluding hydrogens is 673 g/mol. The summed E-state index contributed by atoms with van der Waals surface area (Å²) in [5, 5.41) is 3.59. The number of hydrogen-bond donors (Lipinski definition) is 1. The van der Waals surface area contributed by atoms with Gasteiger partial charge in [0.1, 0.15) is 24.1 Å². The quantitative estimate of drug-likeness (QED) is 0.164. The fourth-order valence-corrected chi connectivity index (χ4v) is 7.03. The van der Waals surface area contributed by atoms with E-state index < -0.39 is 40.0 Å². The number of methoxy groups -OCH3 is 2. The average molecular weight is 713 g/mol. The van der Waals surface area contributed by atoms with Crippen LogP contribution in [0.15, 0.2) is 102 Å². The fourth-order valence-electron chi connectivity index (χ4n) is 5.08. The van der Waals surface area contributed by atoms with Crippen molar-refractivity contribution in [2.45, 2.75) is 50.2 Å². The standard InChI is InChI=1S/C36H39Cl2N3O6S/c1-36(2,3)39-35(43)32(22-25-12-7-6-8-13-25)40(23-28-29(37)14-11-15-30(28)38)34(42)24-41(31-16-9-10-17-33(31)47-5)48(44,45)27-20-18-26(46-4)19-21-27/h6-21,32H,22-24H2,1-5H3,(H,39,43)/t32-/m1/s1. The van der Waals surface area contributed by atoms with Crippen LogP contribution < -0.4 is 19.1 Å². The van der Waals surface area contributed by atoms with Crippen LogP contribution in [0.1, 0.15) is 31.9 Å². The summed E-state index contributed by atoms with van der Waals surface area (Å²) in [5.74, 6) is -0.400. The molecular formula is C36H39Cl2N3O6S. The molecule has 0 bridgehead atoms. The number of halogens is 2. The van der Waals surface area contributed by atoms with E-state index in [0.717, 1.165) is 9.87 Å². The molecule has 4 aromatic carbocycles. The normalized spacial score (nSPS) is 12.1. The van der Waals surface area contributed by atoms with Crippen molar-refractivity contribution in [2.75, 3.05) is 25.1 Å². The number of hydrogen-bond acceptors (Lipinski definition) is 6. The van der Waals surface area contributed by atoms with Gasteiger partial charge < -0.3 is 19.7 Å². The summed E-state index contributed by atoms with van der Waals surface area (Å²) < 4.78 is 40.4. The lowest BCUT2D eigenvalue weighted by molar-refractivity contribution is -0.140. The molecule has 9 nitrogen and oxygen atoms in total. The highest BCUT2D eigenvalue weighted by Crippen LogP contribution is 2.34. The van der Waals surface area contributed by atoms with Gasteiger partial charge in [0.2, 0.25) is 11.8 Å². The van der Waals surface area contributed by atoms with Crippen LogP contribution in [0, 0.1) is 0 Å². The lowest BCUT2D eigenvalue weighted by Gasteiger charge is -2.35. The van der Waals surface area contributed by atoms with Gasteiger partial charge in [-0.1, -0.05) is 71.7 Å². The number of sulfonamides is 1. The van der Waals surface area contributed by atoms with Gasteiger partial charge in [0, 0.05) is 34.1 Å². The summed E-state index contributed by atoms with van der Waals surface area (Å²) in [7, 11) is -1.47. The van der Waals surface area contributed by atoms with Gasteiger partial charge in [-0.2, -0.15) is 0 Å². The van der Waals surface area contributed by atoms with E-state index in [4.69, 9.17) is 32.7 Å². The highest BCUT2D eigenvalue weighted by Gasteiger charge is 2.37. The number of nitrogens with one attached hydrogen (secondary N) is 1. The van der Waals surface area contributed by atoms with Crippen molar-refractivity contribution in [1.82, 2.24) is 10.2 Å². The van der Waals surface area contributed by atoms with Gasteiger partial charge in [0.25, 0.3) is 10.0 Å². The lowest BCUT2D eigenvalue weighted by atomic mass is 10.0. The Balaban J connectivity index is 1.88. The van der Waals surface area contributed by atoms with E-state index in [2.05, 4.69) is 5.32 Å². The second-order valence-corrected chi connectivity index (χ2v) is 14.7. The first-order chi connectivity index (χ1) is 22.7. The monoisotopic (exact) mass is 711 g/mol. The first-order valence-corrected chi connectivity index (χ1v) is 17.3. The second kappa shape index (κ2) is 15.8. The molecule has 0 radical (unpaired) electrons.